The standard InChI is InChI=1S/3C6H8N2.3NO3.3H2O.3Pt/c3*7-5-3-1-2-4-6(5)8;3*2-1(3)4;;;;;;/h3*1-4H,7-8H2;;;;3*1H2;;;/q;;;3*-1;;;;3*+2/p-3. The minimum atomic E-state index is -1.75. The largest absolute Gasteiger partial charge is 2.00 e. The van der Waals surface area contributed by atoms with Crippen molar-refractivity contribution in [3.05, 3.63) is 119 Å². The number of hydrogen-bond acceptors (Lipinski definition) is 18. The first kappa shape index (κ1) is 61.9. The Morgan fingerprint density at radius 2 is 0.429 bits per heavy atom. The molecule has 0 radical (unpaired) electrons. The number of para-hydroxylation sites is 6. The van der Waals surface area contributed by atoms with Gasteiger partial charge in [0.2, 0.25) is 0 Å². The van der Waals surface area contributed by atoms with Crippen molar-refractivity contribution in [1.29, 1.82) is 0 Å². The van der Waals surface area contributed by atoms with Gasteiger partial charge < -0.3 is 96.8 Å². The van der Waals surface area contributed by atoms with E-state index >= 15 is 0 Å². The van der Waals surface area contributed by atoms with Crippen LogP contribution in [0.1, 0.15) is 0 Å². The molecule has 3 rings (SSSR count). The minimum Gasteiger partial charge on any atom is -0.870 e. The van der Waals surface area contributed by atoms with E-state index in [-0.39, 0.29) is 79.6 Å². The molecule has 0 aliphatic carbocycles. The van der Waals surface area contributed by atoms with Crippen LogP contribution in [0.2, 0.25) is 0 Å². The average Bonchev–Trinajstić information content (AvgIpc) is 2.74. The molecule has 0 amide bonds. The average molecular weight is 1150 g/mol. The maximum atomic E-state index is 8.25. The van der Waals surface area contributed by atoms with Crippen LogP contribution in [-0.4, -0.2) is 31.7 Å². The van der Waals surface area contributed by atoms with Crippen LogP contribution in [0.3, 0.4) is 0 Å². The van der Waals surface area contributed by atoms with Crippen LogP contribution >= 0.6 is 0 Å². The molecule has 0 unspecified atom stereocenters. The van der Waals surface area contributed by atoms with Gasteiger partial charge in [0.1, 0.15) is 0 Å². The van der Waals surface area contributed by atoms with E-state index in [0.717, 1.165) is 0 Å². The summed E-state index contributed by atoms with van der Waals surface area (Å²) in [6.07, 6.45) is 0. The third-order valence-electron chi connectivity index (χ3n) is 2.99. The molecule has 0 fully saturated rings. The quantitative estimate of drug-likeness (QED) is 0.105. The monoisotopic (exact) mass is 1150 g/mol. The van der Waals surface area contributed by atoms with E-state index < -0.39 is 15.3 Å². The molecule has 0 heterocycles. The number of benzene rings is 3. The second kappa shape index (κ2) is 39.1. The van der Waals surface area contributed by atoms with Gasteiger partial charge in [-0.2, -0.15) is 0 Å². The number of hydrogen-bond donors (Lipinski definition) is 6. The van der Waals surface area contributed by atoms with Gasteiger partial charge in [-0.1, -0.05) is 36.4 Å². The van der Waals surface area contributed by atoms with Crippen molar-refractivity contribution in [2.24, 2.45) is 0 Å². The first-order valence-corrected chi connectivity index (χ1v) is 8.86. The fourth-order valence-corrected chi connectivity index (χ4v) is 1.53. The summed E-state index contributed by atoms with van der Waals surface area (Å²) in [5.41, 5.74) is 36.2. The fraction of sp³-hybridized carbons (Fsp3) is 0. The van der Waals surface area contributed by atoms with E-state index in [9.17, 15) is 0 Å². The molecule has 0 aliphatic heterocycles. The molecule has 0 bridgehead atoms. The minimum absolute atomic E-state index is 0. The van der Waals surface area contributed by atoms with Crippen LogP contribution in [0.5, 0.6) is 0 Å². The predicted molar refractivity (Wildman–Crippen MR) is 143 cm³/mol. The molecule has 42 heavy (non-hydrogen) atoms. The number of nitrogen functional groups attached to an aromatic ring is 6. The van der Waals surface area contributed by atoms with Crippen LogP contribution < -0.4 is 34.4 Å². The zero-order valence-corrected chi connectivity index (χ0v) is 27.5. The molecule has 0 atom stereocenters. The van der Waals surface area contributed by atoms with E-state index in [1.54, 1.807) is 36.4 Å². The van der Waals surface area contributed by atoms with Crippen molar-refractivity contribution in [2.45, 2.75) is 0 Å². The molecule has 0 spiro atoms. The first-order valence-electron chi connectivity index (χ1n) is 8.86. The Kier molecular flexibility index (Phi) is 57.7. The maximum Gasteiger partial charge on any atom is 2.00 e. The maximum absolute atomic E-state index is 8.25. The summed E-state index contributed by atoms with van der Waals surface area (Å²) in [5, 5.41) is 44.2. The summed E-state index contributed by atoms with van der Waals surface area (Å²) in [6, 6.07) is 21.8. The Hall–Kier alpha value is -4.00. The van der Waals surface area contributed by atoms with Crippen molar-refractivity contribution in [3.63, 3.8) is 0 Å². The molecule has 0 aliphatic rings. The Morgan fingerprint density at radius 1 is 0.357 bits per heavy atom. The Bertz CT molecular complexity index is 870. The normalized spacial score (nSPS) is 6.86. The molecule has 246 valence electrons. The third kappa shape index (κ3) is 52.4. The molecule has 0 saturated carbocycles. The van der Waals surface area contributed by atoms with E-state index in [0.29, 0.717) is 34.1 Å². The Labute approximate surface area is 280 Å². The molecular formula is C18H27N9O12Pt3. The number of rotatable bonds is 0. The number of nitrogens with two attached hydrogens (primary N) is 6. The van der Waals surface area contributed by atoms with Crippen LogP contribution in [0.15, 0.2) is 72.8 Å². The third-order valence-corrected chi connectivity index (χ3v) is 2.99. The van der Waals surface area contributed by atoms with E-state index in [1.165, 1.54) is 0 Å². The van der Waals surface area contributed by atoms with Gasteiger partial charge >= 0.3 is 63.2 Å². The summed E-state index contributed by atoms with van der Waals surface area (Å²) in [5.74, 6) is 0. The summed E-state index contributed by atoms with van der Waals surface area (Å²) in [7, 11) is 0. The molecule has 15 N–H and O–H groups in total. The molecule has 21 nitrogen and oxygen atoms in total. The summed E-state index contributed by atoms with van der Waals surface area (Å²) in [4.78, 5) is 24.8. The van der Waals surface area contributed by atoms with Crippen LogP contribution in [0.25, 0.3) is 0 Å². The van der Waals surface area contributed by atoms with Crippen LogP contribution in [0.4, 0.5) is 34.1 Å². The molecule has 0 aromatic heterocycles. The van der Waals surface area contributed by atoms with E-state index in [1.807, 2.05) is 36.4 Å². The van der Waals surface area contributed by atoms with Gasteiger partial charge in [-0.3, -0.25) is 0 Å². The summed E-state index contributed by atoms with van der Waals surface area (Å²) in [6.45, 7) is 0. The summed E-state index contributed by atoms with van der Waals surface area (Å²) >= 11 is 0. The van der Waals surface area contributed by atoms with Gasteiger partial charge in [-0.05, 0) is 36.4 Å². The van der Waals surface area contributed by atoms with Gasteiger partial charge in [0.05, 0.1) is 49.4 Å². The van der Waals surface area contributed by atoms with Crippen molar-refractivity contribution in [2.75, 3.05) is 34.4 Å². The smallest absolute Gasteiger partial charge is 0.870 e. The predicted octanol–water partition coefficient (Wildman–Crippen LogP) is 1.30. The molecule has 24 heteroatoms. The second-order valence-electron chi connectivity index (χ2n) is 5.56. The topological polar surface area (TPSA) is 445 Å². The van der Waals surface area contributed by atoms with Gasteiger partial charge in [-0.15, -0.1) is 0 Å². The van der Waals surface area contributed by atoms with Crippen molar-refractivity contribution in [1.82, 2.24) is 0 Å². The van der Waals surface area contributed by atoms with Crippen molar-refractivity contribution < 1.29 is 94.9 Å². The van der Waals surface area contributed by atoms with Crippen LogP contribution in [0, 0.1) is 46.0 Å². The zero-order valence-electron chi connectivity index (χ0n) is 20.7. The molecule has 3 aromatic rings. The molecule has 0 saturated heterocycles. The van der Waals surface area contributed by atoms with E-state index in [4.69, 9.17) is 80.4 Å². The van der Waals surface area contributed by atoms with E-state index in [2.05, 4.69) is 0 Å². The fourth-order valence-electron chi connectivity index (χ4n) is 1.53. The second-order valence-corrected chi connectivity index (χ2v) is 5.56. The van der Waals surface area contributed by atoms with Gasteiger partial charge in [-0.25, -0.2) is 0 Å². The zero-order chi connectivity index (χ0) is 28.7. The van der Waals surface area contributed by atoms with Crippen molar-refractivity contribution >= 4 is 34.1 Å². The SMILES string of the molecule is Nc1ccccc1N.Nc1ccccc1N.Nc1ccccc1N.O=[N+]([O-])[O-].O=[N+]([O-])[O-].O=[N+]([O-])[O-].[OH-].[OH-].[OH-].[Pt+2].[Pt+2].[Pt+2]. The van der Waals surface area contributed by atoms with Crippen LogP contribution in [-0.2, 0) is 63.2 Å². The Balaban J connectivity index is -0.0000000444. The van der Waals surface area contributed by atoms with Gasteiger partial charge in [0, 0.05) is 0 Å². The number of nitrogens with zero attached hydrogens (tertiary/aromatic N) is 3. The summed E-state index contributed by atoms with van der Waals surface area (Å²) < 4.78 is 0. The van der Waals surface area contributed by atoms with Crippen molar-refractivity contribution in [3.8, 4) is 0 Å². The van der Waals surface area contributed by atoms with Gasteiger partial charge in [0.25, 0.3) is 0 Å². The number of anilines is 6. The molecular weight excluding hydrogens is 1120 g/mol. The van der Waals surface area contributed by atoms with Gasteiger partial charge in [0.15, 0.2) is 0 Å². The first-order chi connectivity index (χ1) is 16.6. The Morgan fingerprint density at radius 3 is 0.476 bits per heavy atom. The molecule has 3 aromatic carbocycles.